The molecule has 0 unspecified atom stereocenters. The van der Waals surface area contributed by atoms with Crippen molar-refractivity contribution in [1.82, 2.24) is 14.3 Å². The van der Waals surface area contributed by atoms with Gasteiger partial charge in [0.15, 0.2) is 5.75 Å². The van der Waals surface area contributed by atoms with Crippen molar-refractivity contribution in [3.05, 3.63) is 48.5 Å². The average Bonchev–Trinajstić information content (AvgIpc) is 2.89. The lowest BCUT2D eigenvalue weighted by Gasteiger charge is -2.14. The molecule has 0 aliphatic carbocycles. The summed E-state index contributed by atoms with van der Waals surface area (Å²) >= 11 is 0. The molecule has 6 nitrogen and oxygen atoms in total. The van der Waals surface area contributed by atoms with Crippen LogP contribution in [-0.4, -0.2) is 36.8 Å². The molecule has 3 rings (SSSR count). The Kier molecular flexibility index (Phi) is 3.59. The van der Waals surface area contributed by atoms with Crippen molar-refractivity contribution in [2.75, 3.05) is 14.1 Å². The maximum absolute atomic E-state index is 12.3. The molecule has 0 spiro atoms. The Hall–Kier alpha value is -2.38. The summed E-state index contributed by atoms with van der Waals surface area (Å²) in [5, 5.41) is 0. The van der Waals surface area contributed by atoms with E-state index in [-0.39, 0.29) is 16.7 Å². The minimum Gasteiger partial charge on any atom is -0.424 e. The molecule has 1 aromatic heterocycles. The van der Waals surface area contributed by atoms with Gasteiger partial charge in [-0.3, -0.25) is 0 Å². The first-order valence-corrected chi connectivity index (χ1v) is 8.06. The zero-order chi connectivity index (χ0) is 15.7. The van der Waals surface area contributed by atoms with E-state index in [0.29, 0.717) is 0 Å². The first-order chi connectivity index (χ1) is 10.5. The maximum Gasteiger partial charge on any atom is 0.300 e. The highest BCUT2D eigenvalue weighted by molar-refractivity contribution is 7.89. The average molecular weight is 317 g/mol. The van der Waals surface area contributed by atoms with Crippen LogP contribution < -0.4 is 4.74 Å². The molecular weight excluding hydrogens is 302 g/mol. The summed E-state index contributed by atoms with van der Waals surface area (Å²) in [5.74, 6) is 0.232. The fourth-order valence-corrected chi connectivity index (χ4v) is 3.03. The zero-order valence-electron chi connectivity index (χ0n) is 12.1. The smallest absolute Gasteiger partial charge is 0.300 e. The fourth-order valence-electron chi connectivity index (χ4n) is 2.03. The van der Waals surface area contributed by atoms with Crippen molar-refractivity contribution in [1.29, 1.82) is 0 Å². The summed E-state index contributed by atoms with van der Waals surface area (Å²) in [6.45, 7) is 0. The third-order valence-electron chi connectivity index (χ3n) is 3.18. The van der Waals surface area contributed by atoms with Gasteiger partial charge in [-0.05, 0) is 24.3 Å². The summed E-state index contributed by atoms with van der Waals surface area (Å²) in [6, 6.07) is 14.2. The molecule has 3 aromatic rings. The first kappa shape index (κ1) is 14.6. The molecule has 0 aliphatic heterocycles. The molecule has 0 amide bonds. The summed E-state index contributed by atoms with van der Waals surface area (Å²) in [4.78, 5) is 7.40. The lowest BCUT2D eigenvalue weighted by Crippen LogP contribution is -2.22. The highest BCUT2D eigenvalue weighted by atomic mass is 32.2. The van der Waals surface area contributed by atoms with Crippen LogP contribution in [0.2, 0.25) is 0 Å². The first-order valence-electron chi connectivity index (χ1n) is 6.62. The summed E-state index contributed by atoms with van der Waals surface area (Å²) in [7, 11) is -0.632. The molecule has 0 bridgehead atoms. The molecule has 0 saturated carbocycles. The van der Waals surface area contributed by atoms with E-state index < -0.39 is 10.0 Å². The van der Waals surface area contributed by atoms with Crippen molar-refractivity contribution in [3.8, 4) is 11.8 Å². The van der Waals surface area contributed by atoms with Crippen molar-refractivity contribution < 1.29 is 13.2 Å². The number of para-hydroxylation sites is 3. The van der Waals surface area contributed by atoms with Gasteiger partial charge in [-0.25, -0.2) is 12.7 Å². The summed E-state index contributed by atoms with van der Waals surface area (Å²) in [6.07, 6.45) is 0. The lowest BCUT2D eigenvalue weighted by molar-refractivity contribution is 0.433. The number of aromatic amines is 1. The van der Waals surface area contributed by atoms with E-state index in [2.05, 4.69) is 9.97 Å². The van der Waals surface area contributed by atoms with E-state index in [0.717, 1.165) is 15.3 Å². The fraction of sp³-hybridized carbons (Fsp3) is 0.133. The third kappa shape index (κ3) is 2.56. The Balaban J connectivity index is 2.03. The van der Waals surface area contributed by atoms with E-state index >= 15 is 0 Å². The number of sulfonamides is 1. The number of fused-ring (bicyclic) bond motifs is 1. The van der Waals surface area contributed by atoms with Crippen molar-refractivity contribution in [3.63, 3.8) is 0 Å². The van der Waals surface area contributed by atoms with Gasteiger partial charge in [-0.15, -0.1) is 0 Å². The molecule has 1 N–H and O–H groups in total. The Morgan fingerprint density at radius 1 is 1.05 bits per heavy atom. The van der Waals surface area contributed by atoms with Crippen molar-refractivity contribution in [2.45, 2.75) is 4.90 Å². The quantitative estimate of drug-likeness (QED) is 0.802. The van der Waals surface area contributed by atoms with Crippen LogP contribution in [0.25, 0.3) is 11.0 Å². The number of hydrogen-bond acceptors (Lipinski definition) is 4. The Morgan fingerprint density at radius 3 is 2.45 bits per heavy atom. The summed E-state index contributed by atoms with van der Waals surface area (Å²) < 4.78 is 31.5. The standard InChI is InChI=1S/C15H15N3O3S/c1-18(2)22(19,20)14-10-6-5-9-13(14)21-15-16-11-7-3-4-8-12(11)17-15/h3-10H,1-2H3,(H,16,17). The van der Waals surface area contributed by atoms with Crippen LogP contribution in [0, 0.1) is 0 Å². The molecule has 114 valence electrons. The van der Waals surface area contributed by atoms with E-state index in [9.17, 15) is 8.42 Å². The number of ether oxygens (including phenoxy) is 1. The van der Waals surface area contributed by atoms with Crippen LogP contribution in [-0.2, 0) is 10.0 Å². The molecule has 2 aromatic carbocycles. The van der Waals surface area contributed by atoms with Gasteiger partial charge >= 0.3 is 0 Å². The lowest BCUT2D eigenvalue weighted by atomic mass is 10.3. The Morgan fingerprint density at radius 2 is 1.73 bits per heavy atom. The van der Waals surface area contributed by atoms with E-state index in [4.69, 9.17) is 4.74 Å². The number of imidazole rings is 1. The number of nitrogens with one attached hydrogen (secondary N) is 1. The number of benzene rings is 2. The molecule has 7 heteroatoms. The Labute approximate surface area is 128 Å². The van der Waals surface area contributed by atoms with Crippen LogP contribution in [0.4, 0.5) is 0 Å². The largest absolute Gasteiger partial charge is 0.424 e. The van der Waals surface area contributed by atoms with Gasteiger partial charge in [-0.2, -0.15) is 4.98 Å². The molecular formula is C15H15N3O3S. The van der Waals surface area contributed by atoms with Crippen LogP contribution in [0.5, 0.6) is 11.8 Å². The third-order valence-corrected chi connectivity index (χ3v) is 5.04. The number of hydrogen-bond donors (Lipinski definition) is 1. The second-order valence-electron chi connectivity index (χ2n) is 4.90. The normalized spacial score (nSPS) is 12.0. The Bertz CT molecular complexity index is 883. The molecule has 22 heavy (non-hydrogen) atoms. The van der Waals surface area contributed by atoms with Gasteiger partial charge in [-0.1, -0.05) is 24.3 Å². The van der Waals surface area contributed by atoms with Gasteiger partial charge in [0.2, 0.25) is 10.0 Å². The monoisotopic (exact) mass is 317 g/mol. The number of aromatic nitrogens is 2. The predicted molar refractivity (Wildman–Crippen MR) is 83.5 cm³/mol. The molecule has 0 atom stereocenters. The van der Waals surface area contributed by atoms with E-state index in [1.165, 1.54) is 20.2 Å². The number of H-pyrrole nitrogens is 1. The minimum absolute atomic E-state index is 0.0976. The van der Waals surface area contributed by atoms with E-state index in [1.54, 1.807) is 18.2 Å². The topological polar surface area (TPSA) is 75.3 Å². The molecule has 0 fully saturated rings. The van der Waals surface area contributed by atoms with Gasteiger partial charge in [0.25, 0.3) is 6.01 Å². The number of nitrogens with zero attached hydrogens (tertiary/aromatic N) is 2. The second-order valence-corrected chi connectivity index (χ2v) is 7.02. The second kappa shape index (κ2) is 5.43. The highest BCUT2D eigenvalue weighted by Crippen LogP contribution is 2.29. The van der Waals surface area contributed by atoms with Gasteiger partial charge < -0.3 is 9.72 Å². The maximum atomic E-state index is 12.3. The SMILES string of the molecule is CN(C)S(=O)(=O)c1ccccc1Oc1nc2ccccc2[nH]1. The van der Waals surface area contributed by atoms with E-state index in [1.807, 2.05) is 24.3 Å². The van der Waals surface area contributed by atoms with Gasteiger partial charge in [0.1, 0.15) is 4.90 Å². The molecule has 0 aliphatic rings. The number of rotatable bonds is 4. The van der Waals surface area contributed by atoms with Crippen LogP contribution in [0.3, 0.4) is 0 Å². The van der Waals surface area contributed by atoms with Crippen LogP contribution in [0.15, 0.2) is 53.4 Å². The molecule has 0 saturated heterocycles. The van der Waals surface area contributed by atoms with Crippen molar-refractivity contribution in [2.24, 2.45) is 0 Å². The van der Waals surface area contributed by atoms with Crippen molar-refractivity contribution >= 4 is 21.1 Å². The van der Waals surface area contributed by atoms with Gasteiger partial charge in [0, 0.05) is 14.1 Å². The van der Waals surface area contributed by atoms with Crippen LogP contribution >= 0.6 is 0 Å². The zero-order valence-corrected chi connectivity index (χ0v) is 13.0. The van der Waals surface area contributed by atoms with Gasteiger partial charge in [0.05, 0.1) is 11.0 Å². The van der Waals surface area contributed by atoms with Crippen LogP contribution in [0.1, 0.15) is 0 Å². The molecule has 0 radical (unpaired) electrons. The summed E-state index contributed by atoms with van der Waals surface area (Å²) in [5.41, 5.74) is 1.58. The highest BCUT2D eigenvalue weighted by Gasteiger charge is 2.22. The predicted octanol–water partition coefficient (Wildman–Crippen LogP) is 2.61. The minimum atomic E-state index is -3.59. The molecule has 1 heterocycles.